The highest BCUT2D eigenvalue weighted by Gasteiger charge is 2.19. The highest BCUT2D eigenvalue weighted by Crippen LogP contribution is 2.21. The predicted molar refractivity (Wildman–Crippen MR) is 71.2 cm³/mol. The molecule has 2 aromatic heterocycles. The van der Waals surface area contributed by atoms with Gasteiger partial charge in [0.05, 0.1) is 11.2 Å². The summed E-state index contributed by atoms with van der Waals surface area (Å²) in [6.45, 7) is 0.795. The molecule has 1 aliphatic carbocycles. The van der Waals surface area contributed by atoms with Gasteiger partial charge < -0.3 is 10.1 Å². The van der Waals surface area contributed by atoms with Crippen molar-refractivity contribution in [1.29, 1.82) is 0 Å². The zero-order valence-corrected chi connectivity index (χ0v) is 11.0. The molecule has 5 nitrogen and oxygen atoms in total. The van der Waals surface area contributed by atoms with Crippen LogP contribution in [-0.2, 0) is 6.54 Å². The molecule has 0 bridgehead atoms. The molecule has 0 radical (unpaired) electrons. The fraction of sp³-hybridized carbons (Fsp3) is 0.308. The van der Waals surface area contributed by atoms with E-state index in [4.69, 9.17) is 16.3 Å². The van der Waals surface area contributed by atoms with Crippen molar-refractivity contribution in [2.75, 3.05) is 0 Å². The first-order valence-corrected chi connectivity index (χ1v) is 6.50. The maximum atomic E-state index is 5.82. The maximum absolute atomic E-state index is 5.82. The fourth-order valence-corrected chi connectivity index (χ4v) is 1.75. The summed E-state index contributed by atoms with van der Waals surface area (Å²) >= 11 is 5.82. The average molecular weight is 277 g/mol. The molecule has 1 saturated carbocycles. The van der Waals surface area contributed by atoms with Crippen molar-refractivity contribution >= 4 is 11.6 Å². The molecule has 3 rings (SSSR count). The minimum absolute atomic E-state index is 0.291. The van der Waals surface area contributed by atoms with Gasteiger partial charge in [0.25, 0.3) is 0 Å². The molecule has 2 heterocycles. The van der Waals surface area contributed by atoms with Crippen LogP contribution in [-0.4, -0.2) is 21.0 Å². The van der Waals surface area contributed by atoms with Crippen molar-refractivity contribution in [1.82, 2.24) is 20.3 Å². The van der Waals surface area contributed by atoms with E-state index in [1.165, 1.54) is 12.8 Å². The van der Waals surface area contributed by atoms with Crippen molar-refractivity contribution < 1.29 is 4.74 Å². The minimum atomic E-state index is 0.291. The van der Waals surface area contributed by atoms with Crippen molar-refractivity contribution in [2.45, 2.75) is 25.4 Å². The minimum Gasteiger partial charge on any atom is -0.423 e. The number of rotatable bonds is 5. The Morgan fingerprint density at radius 1 is 1.21 bits per heavy atom. The Labute approximate surface area is 116 Å². The van der Waals surface area contributed by atoms with E-state index in [-0.39, 0.29) is 0 Å². The van der Waals surface area contributed by atoms with Crippen LogP contribution in [0.15, 0.2) is 30.9 Å². The Hall–Kier alpha value is -1.72. The van der Waals surface area contributed by atoms with Crippen LogP contribution in [0.25, 0.3) is 0 Å². The van der Waals surface area contributed by atoms with Gasteiger partial charge in [-0.15, -0.1) is 0 Å². The van der Waals surface area contributed by atoms with E-state index in [0.29, 0.717) is 22.8 Å². The average Bonchev–Trinajstić information content (AvgIpc) is 3.22. The number of pyridine rings is 1. The van der Waals surface area contributed by atoms with Crippen molar-refractivity contribution in [3.63, 3.8) is 0 Å². The molecule has 0 aromatic carbocycles. The van der Waals surface area contributed by atoms with Crippen molar-refractivity contribution in [3.05, 3.63) is 41.4 Å². The molecule has 0 aliphatic heterocycles. The normalized spacial score (nSPS) is 14.4. The second-order valence-corrected chi connectivity index (χ2v) is 4.91. The Morgan fingerprint density at radius 3 is 2.68 bits per heavy atom. The Morgan fingerprint density at radius 2 is 2.00 bits per heavy atom. The van der Waals surface area contributed by atoms with E-state index in [9.17, 15) is 0 Å². The Kier molecular flexibility index (Phi) is 3.57. The third-order valence-corrected chi connectivity index (χ3v) is 2.95. The van der Waals surface area contributed by atoms with E-state index in [1.54, 1.807) is 30.9 Å². The van der Waals surface area contributed by atoms with Gasteiger partial charge in [-0.05, 0) is 12.8 Å². The van der Waals surface area contributed by atoms with E-state index in [2.05, 4.69) is 20.3 Å². The summed E-state index contributed by atoms with van der Waals surface area (Å²) in [6.07, 6.45) is 9.17. The van der Waals surface area contributed by atoms with Gasteiger partial charge in [0.1, 0.15) is 0 Å². The summed E-state index contributed by atoms with van der Waals surface area (Å²) in [4.78, 5) is 12.2. The van der Waals surface area contributed by atoms with Crippen LogP contribution in [0.1, 0.15) is 18.4 Å². The van der Waals surface area contributed by atoms with Crippen LogP contribution in [0, 0.1) is 0 Å². The largest absolute Gasteiger partial charge is 0.423 e. The Bertz CT molecular complexity index is 557. The van der Waals surface area contributed by atoms with Crippen LogP contribution >= 0.6 is 11.6 Å². The van der Waals surface area contributed by atoms with Gasteiger partial charge >= 0.3 is 6.01 Å². The summed E-state index contributed by atoms with van der Waals surface area (Å²) in [5.41, 5.74) is 1.04. The first-order chi connectivity index (χ1) is 9.29. The lowest BCUT2D eigenvalue weighted by molar-refractivity contribution is 0.438. The third kappa shape index (κ3) is 3.62. The summed E-state index contributed by atoms with van der Waals surface area (Å²) in [7, 11) is 0. The van der Waals surface area contributed by atoms with Gasteiger partial charge in [-0.25, -0.2) is 9.97 Å². The van der Waals surface area contributed by atoms with Crippen LogP contribution in [0.2, 0.25) is 5.02 Å². The van der Waals surface area contributed by atoms with Crippen LogP contribution in [0.4, 0.5) is 0 Å². The lowest BCUT2D eigenvalue weighted by Gasteiger charge is -2.05. The van der Waals surface area contributed by atoms with Gasteiger partial charge in [0, 0.05) is 42.8 Å². The van der Waals surface area contributed by atoms with Crippen molar-refractivity contribution in [3.8, 4) is 11.8 Å². The number of nitrogens with zero attached hydrogens (tertiary/aromatic N) is 3. The molecular weight excluding hydrogens is 264 g/mol. The molecule has 1 N–H and O–H groups in total. The summed E-state index contributed by atoms with van der Waals surface area (Å²) < 4.78 is 5.46. The third-order valence-electron chi connectivity index (χ3n) is 2.74. The summed E-state index contributed by atoms with van der Waals surface area (Å²) in [5, 5.41) is 3.92. The molecule has 0 unspecified atom stereocenters. The lowest BCUT2D eigenvalue weighted by Crippen LogP contribution is -2.15. The molecule has 0 amide bonds. The molecular formula is C13H13ClN4O. The standard InChI is InChI=1S/C13H13ClN4O/c14-10-3-12(8-15-7-10)19-13-17-5-9(6-18-13)4-16-11-1-2-11/h3,5-8,11,16H,1-2,4H2. The van der Waals surface area contributed by atoms with Gasteiger partial charge in [0.2, 0.25) is 0 Å². The van der Waals surface area contributed by atoms with Crippen LogP contribution < -0.4 is 10.1 Å². The molecule has 19 heavy (non-hydrogen) atoms. The zero-order valence-electron chi connectivity index (χ0n) is 10.2. The van der Waals surface area contributed by atoms with Gasteiger partial charge in [-0.1, -0.05) is 11.6 Å². The number of ether oxygens (including phenoxy) is 1. The number of halogens is 1. The van der Waals surface area contributed by atoms with Gasteiger partial charge in [0.15, 0.2) is 5.75 Å². The molecule has 0 saturated heterocycles. The predicted octanol–water partition coefficient (Wildman–Crippen LogP) is 2.57. The number of hydrogen-bond donors (Lipinski definition) is 1. The quantitative estimate of drug-likeness (QED) is 0.909. The molecule has 98 valence electrons. The number of aromatic nitrogens is 3. The Balaban J connectivity index is 1.61. The molecule has 1 fully saturated rings. The van der Waals surface area contributed by atoms with E-state index < -0.39 is 0 Å². The SMILES string of the molecule is Clc1cncc(Oc2ncc(CNC3CC3)cn2)c1. The molecule has 6 heteroatoms. The van der Waals surface area contributed by atoms with E-state index in [0.717, 1.165) is 12.1 Å². The van der Waals surface area contributed by atoms with Gasteiger partial charge in [-0.2, -0.15) is 0 Å². The van der Waals surface area contributed by atoms with E-state index in [1.807, 2.05) is 0 Å². The number of hydrogen-bond acceptors (Lipinski definition) is 5. The second-order valence-electron chi connectivity index (χ2n) is 4.47. The summed E-state index contributed by atoms with van der Waals surface area (Å²) in [5.74, 6) is 0.524. The molecule has 1 aliphatic rings. The highest BCUT2D eigenvalue weighted by atomic mass is 35.5. The molecule has 0 spiro atoms. The van der Waals surface area contributed by atoms with E-state index >= 15 is 0 Å². The first-order valence-electron chi connectivity index (χ1n) is 6.12. The van der Waals surface area contributed by atoms with Crippen LogP contribution in [0.3, 0.4) is 0 Å². The molecule has 0 atom stereocenters. The topological polar surface area (TPSA) is 59.9 Å². The summed E-state index contributed by atoms with van der Waals surface area (Å²) in [6, 6.07) is 2.63. The number of nitrogens with one attached hydrogen (secondary N) is 1. The monoisotopic (exact) mass is 276 g/mol. The fourth-order valence-electron chi connectivity index (χ4n) is 1.59. The zero-order chi connectivity index (χ0) is 13.1. The second kappa shape index (κ2) is 5.50. The van der Waals surface area contributed by atoms with Crippen LogP contribution in [0.5, 0.6) is 11.8 Å². The maximum Gasteiger partial charge on any atom is 0.321 e. The van der Waals surface area contributed by atoms with Crippen molar-refractivity contribution in [2.24, 2.45) is 0 Å². The highest BCUT2D eigenvalue weighted by molar-refractivity contribution is 6.30. The smallest absolute Gasteiger partial charge is 0.321 e. The first kappa shape index (κ1) is 12.3. The van der Waals surface area contributed by atoms with Gasteiger partial charge in [-0.3, -0.25) is 4.98 Å². The molecule has 2 aromatic rings. The lowest BCUT2D eigenvalue weighted by atomic mass is 10.3.